The van der Waals surface area contributed by atoms with Crippen molar-refractivity contribution in [2.75, 3.05) is 0 Å². The molecule has 78 valence electrons. The lowest BCUT2D eigenvalue weighted by atomic mass is 10.3. The van der Waals surface area contributed by atoms with E-state index in [9.17, 15) is 18.0 Å². The minimum atomic E-state index is -4.62. The van der Waals surface area contributed by atoms with E-state index in [1.54, 1.807) is 0 Å². The van der Waals surface area contributed by atoms with Crippen LogP contribution in [0.1, 0.15) is 16.2 Å². The number of hydrogen-bond donors (Lipinski definition) is 1. The normalized spacial score (nSPS) is 11.8. The fourth-order valence-electron chi connectivity index (χ4n) is 0.912. The maximum Gasteiger partial charge on any atom is 0.436 e. The zero-order valence-electron chi connectivity index (χ0n) is 6.76. The quantitative estimate of drug-likeness (QED) is 0.802. The fourth-order valence-corrected chi connectivity index (χ4v) is 1.91. The van der Waals surface area contributed by atoms with Gasteiger partial charge in [0.1, 0.15) is 0 Å². The molecule has 14 heavy (non-hydrogen) atoms. The summed E-state index contributed by atoms with van der Waals surface area (Å²) < 4.78 is 37.0. The zero-order valence-corrected chi connectivity index (χ0v) is 8.92. The second-order valence-corrected chi connectivity index (χ2v) is 3.52. The van der Waals surface area contributed by atoms with Crippen molar-refractivity contribution in [3.63, 3.8) is 0 Å². The van der Waals surface area contributed by atoms with Crippen molar-refractivity contribution in [2.24, 2.45) is 7.05 Å². The van der Waals surface area contributed by atoms with Crippen LogP contribution in [0.5, 0.6) is 0 Å². The van der Waals surface area contributed by atoms with Gasteiger partial charge < -0.3 is 5.11 Å². The van der Waals surface area contributed by atoms with E-state index < -0.39 is 27.1 Å². The molecule has 8 heteroatoms. The first-order valence-electron chi connectivity index (χ1n) is 3.28. The number of halogens is 4. The Morgan fingerprint density at radius 3 is 2.29 bits per heavy atom. The fraction of sp³-hybridized carbons (Fsp3) is 0.333. The Kier molecular flexibility index (Phi) is 2.74. The van der Waals surface area contributed by atoms with Gasteiger partial charge in [0.05, 0.1) is 3.57 Å². The molecule has 0 aliphatic carbocycles. The molecule has 0 atom stereocenters. The number of aromatic nitrogens is 2. The summed E-state index contributed by atoms with van der Waals surface area (Å²) in [6.07, 6.45) is -4.62. The SMILES string of the molecule is Cn1nc(C(F)(F)F)c(I)c1C(=O)O. The average molecular weight is 320 g/mol. The molecular formula is C6H4F3IN2O2. The van der Waals surface area contributed by atoms with Gasteiger partial charge in [0.15, 0.2) is 11.4 Å². The molecule has 1 aromatic rings. The van der Waals surface area contributed by atoms with E-state index in [2.05, 4.69) is 5.10 Å². The molecule has 0 saturated heterocycles. The van der Waals surface area contributed by atoms with Crippen LogP contribution in [0.4, 0.5) is 13.2 Å². The lowest BCUT2D eigenvalue weighted by Crippen LogP contribution is -2.08. The van der Waals surface area contributed by atoms with E-state index >= 15 is 0 Å². The molecule has 0 radical (unpaired) electrons. The molecule has 1 aromatic heterocycles. The summed E-state index contributed by atoms with van der Waals surface area (Å²) in [7, 11) is 1.15. The number of carbonyl (C=O) groups is 1. The molecule has 4 nitrogen and oxygen atoms in total. The van der Waals surface area contributed by atoms with Crippen LogP contribution in [0.15, 0.2) is 0 Å². The van der Waals surface area contributed by atoms with Crippen LogP contribution in [0.25, 0.3) is 0 Å². The average Bonchev–Trinajstić information content (AvgIpc) is 2.24. The first kappa shape index (κ1) is 11.3. The van der Waals surface area contributed by atoms with E-state index in [1.807, 2.05) is 0 Å². The number of alkyl halides is 3. The largest absolute Gasteiger partial charge is 0.476 e. The predicted molar refractivity (Wildman–Crippen MR) is 47.9 cm³/mol. The number of aryl methyl sites for hydroxylation is 1. The summed E-state index contributed by atoms with van der Waals surface area (Å²) in [6.45, 7) is 0. The molecule has 0 bridgehead atoms. The van der Waals surface area contributed by atoms with Gasteiger partial charge in [0.25, 0.3) is 0 Å². The van der Waals surface area contributed by atoms with Gasteiger partial charge in [0, 0.05) is 7.05 Å². The topological polar surface area (TPSA) is 55.1 Å². The molecule has 0 saturated carbocycles. The van der Waals surface area contributed by atoms with Crippen molar-refractivity contribution in [1.82, 2.24) is 9.78 Å². The highest BCUT2D eigenvalue weighted by atomic mass is 127. The Morgan fingerprint density at radius 1 is 1.57 bits per heavy atom. The van der Waals surface area contributed by atoms with Gasteiger partial charge in [0.2, 0.25) is 0 Å². The minimum absolute atomic E-state index is 0.398. The Labute approximate surface area is 89.8 Å². The van der Waals surface area contributed by atoms with Gasteiger partial charge in [-0.05, 0) is 22.6 Å². The predicted octanol–water partition coefficient (Wildman–Crippen LogP) is 1.74. The first-order valence-corrected chi connectivity index (χ1v) is 4.36. The standard InChI is InChI=1S/C6H4F3IN2O2/c1-12-3(5(13)14)2(10)4(11-12)6(7,8)9/h1H3,(H,13,14). The molecule has 1 N–H and O–H groups in total. The van der Waals surface area contributed by atoms with E-state index in [-0.39, 0.29) is 0 Å². The Bertz CT molecular complexity index is 385. The van der Waals surface area contributed by atoms with E-state index in [1.165, 1.54) is 22.6 Å². The van der Waals surface area contributed by atoms with Crippen LogP contribution in [0.3, 0.4) is 0 Å². The monoisotopic (exact) mass is 320 g/mol. The van der Waals surface area contributed by atoms with Crippen molar-refractivity contribution in [1.29, 1.82) is 0 Å². The van der Waals surface area contributed by atoms with E-state index in [4.69, 9.17) is 5.11 Å². The van der Waals surface area contributed by atoms with Crippen molar-refractivity contribution in [3.8, 4) is 0 Å². The van der Waals surface area contributed by atoms with Crippen LogP contribution >= 0.6 is 22.6 Å². The smallest absolute Gasteiger partial charge is 0.436 e. The van der Waals surface area contributed by atoms with Crippen molar-refractivity contribution in [2.45, 2.75) is 6.18 Å². The van der Waals surface area contributed by atoms with E-state index in [0.29, 0.717) is 4.68 Å². The summed E-state index contributed by atoms with van der Waals surface area (Å²) in [5.41, 5.74) is -1.63. The van der Waals surface area contributed by atoms with Gasteiger partial charge in [-0.25, -0.2) is 4.79 Å². The molecule has 0 spiro atoms. The number of aromatic carboxylic acids is 1. The molecular weight excluding hydrogens is 316 g/mol. The van der Waals surface area contributed by atoms with Gasteiger partial charge in [-0.15, -0.1) is 0 Å². The summed E-state index contributed by atoms with van der Waals surface area (Å²) in [5, 5.41) is 11.7. The summed E-state index contributed by atoms with van der Waals surface area (Å²) in [4.78, 5) is 10.5. The summed E-state index contributed by atoms with van der Waals surface area (Å²) >= 11 is 1.32. The Balaban J connectivity index is 3.39. The van der Waals surface area contributed by atoms with Crippen LogP contribution in [-0.4, -0.2) is 20.9 Å². The molecule has 0 aliphatic heterocycles. The van der Waals surface area contributed by atoms with Crippen molar-refractivity contribution >= 4 is 28.6 Å². The van der Waals surface area contributed by atoms with Crippen molar-refractivity contribution < 1.29 is 23.1 Å². The number of hydrogen-bond acceptors (Lipinski definition) is 2. The lowest BCUT2D eigenvalue weighted by Gasteiger charge is -2.01. The minimum Gasteiger partial charge on any atom is -0.476 e. The Hall–Kier alpha value is -0.800. The van der Waals surface area contributed by atoms with E-state index in [0.717, 1.165) is 7.05 Å². The lowest BCUT2D eigenvalue weighted by molar-refractivity contribution is -0.142. The summed E-state index contributed by atoms with van der Waals surface area (Å²) in [5.74, 6) is -1.43. The molecule has 1 rings (SSSR count). The third kappa shape index (κ3) is 1.83. The molecule has 0 fully saturated rings. The third-order valence-corrected chi connectivity index (χ3v) is 2.48. The first-order chi connectivity index (χ1) is 6.25. The second kappa shape index (κ2) is 3.41. The van der Waals surface area contributed by atoms with Gasteiger partial charge in [-0.2, -0.15) is 18.3 Å². The number of carboxylic acid groups (broad SMARTS) is 1. The molecule has 1 heterocycles. The van der Waals surface area contributed by atoms with Crippen LogP contribution in [0, 0.1) is 3.57 Å². The second-order valence-electron chi connectivity index (χ2n) is 2.44. The highest BCUT2D eigenvalue weighted by Gasteiger charge is 2.39. The maximum atomic E-state index is 12.2. The number of nitrogens with zero attached hydrogens (tertiary/aromatic N) is 2. The molecule has 0 aliphatic rings. The van der Waals surface area contributed by atoms with Gasteiger partial charge >= 0.3 is 12.1 Å². The number of carboxylic acids is 1. The molecule has 0 unspecified atom stereocenters. The highest BCUT2D eigenvalue weighted by molar-refractivity contribution is 14.1. The highest BCUT2D eigenvalue weighted by Crippen LogP contribution is 2.32. The maximum absolute atomic E-state index is 12.2. The van der Waals surface area contributed by atoms with Crippen LogP contribution in [-0.2, 0) is 13.2 Å². The number of rotatable bonds is 1. The summed E-state index contributed by atoms with van der Waals surface area (Å²) in [6, 6.07) is 0. The Morgan fingerprint density at radius 2 is 2.07 bits per heavy atom. The molecule has 0 amide bonds. The van der Waals surface area contributed by atoms with Crippen LogP contribution in [0.2, 0.25) is 0 Å². The van der Waals surface area contributed by atoms with Gasteiger partial charge in [-0.3, -0.25) is 4.68 Å². The van der Waals surface area contributed by atoms with Crippen molar-refractivity contribution in [3.05, 3.63) is 15.0 Å². The zero-order chi connectivity index (χ0) is 11.1. The van der Waals surface area contributed by atoms with Crippen LogP contribution < -0.4 is 0 Å². The molecule has 0 aromatic carbocycles. The third-order valence-electron chi connectivity index (χ3n) is 1.46. The van der Waals surface area contributed by atoms with Gasteiger partial charge in [-0.1, -0.05) is 0 Å².